The van der Waals surface area contributed by atoms with Crippen molar-refractivity contribution in [1.82, 2.24) is 30.3 Å². The molecule has 1 fully saturated rings. The number of hydrogen-bond donors (Lipinski definition) is 3. The van der Waals surface area contributed by atoms with Gasteiger partial charge >= 0.3 is 0 Å². The minimum absolute atomic E-state index is 0.0444. The van der Waals surface area contributed by atoms with Crippen LogP contribution in [0.25, 0.3) is 11.1 Å². The Hall–Kier alpha value is -4.00. The molecule has 1 aliphatic carbocycles. The number of aromatic amines is 1. The highest BCUT2D eigenvalue weighted by atomic mass is 19.1. The lowest BCUT2D eigenvalue weighted by molar-refractivity contribution is -0.119. The van der Waals surface area contributed by atoms with Gasteiger partial charge in [0.2, 0.25) is 11.9 Å². The first-order valence-electron chi connectivity index (χ1n) is 11.6. The number of carbonyl (C=O) groups is 2. The van der Waals surface area contributed by atoms with Crippen LogP contribution in [0.5, 0.6) is 0 Å². The van der Waals surface area contributed by atoms with Gasteiger partial charge in [0.1, 0.15) is 24.1 Å². The zero-order valence-corrected chi connectivity index (χ0v) is 19.8. The third kappa shape index (κ3) is 5.24. The van der Waals surface area contributed by atoms with E-state index < -0.39 is 23.8 Å². The fraction of sp³-hybridized carbons (Fsp3) is 0.400. The van der Waals surface area contributed by atoms with Gasteiger partial charge in [-0.3, -0.25) is 14.7 Å². The smallest absolute Gasteiger partial charge is 0.270 e. The number of carbonyl (C=O) groups excluding carboxylic acids is 2. The van der Waals surface area contributed by atoms with Crippen LogP contribution in [0.15, 0.2) is 24.4 Å². The van der Waals surface area contributed by atoms with Gasteiger partial charge < -0.3 is 10.6 Å². The number of hydrogen-bond acceptors (Lipinski definition) is 5. The summed E-state index contributed by atoms with van der Waals surface area (Å²) in [5, 5.41) is 16.5. The fourth-order valence-corrected chi connectivity index (χ4v) is 4.66. The summed E-state index contributed by atoms with van der Waals surface area (Å²) in [4.78, 5) is 30.3. The van der Waals surface area contributed by atoms with Gasteiger partial charge in [0.05, 0.1) is 5.69 Å². The Morgan fingerprint density at radius 2 is 2.03 bits per heavy atom. The lowest BCUT2D eigenvalue weighted by Crippen LogP contribution is -2.49. The van der Waals surface area contributed by atoms with Crippen molar-refractivity contribution in [1.29, 1.82) is 0 Å². The number of pyridine rings is 1. The summed E-state index contributed by atoms with van der Waals surface area (Å²) in [6, 6.07) is 3.86. The SMILES string of the molecule is C#CCn1nccc1C(=O)N[C@H](C(=O)Nc1ccc(-c2c(C)n[nH]c2C)c(F)n1)C1CCCCC1. The van der Waals surface area contributed by atoms with E-state index in [0.717, 1.165) is 37.8 Å². The van der Waals surface area contributed by atoms with Crippen LogP contribution in [0.3, 0.4) is 0 Å². The molecular weight excluding hydrogens is 449 g/mol. The summed E-state index contributed by atoms with van der Waals surface area (Å²) in [5.41, 5.74) is 2.60. The van der Waals surface area contributed by atoms with Crippen molar-refractivity contribution in [3.63, 3.8) is 0 Å². The molecular formula is C25H28FN7O2. The van der Waals surface area contributed by atoms with E-state index in [1.165, 1.54) is 10.9 Å². The molecule has 0 aromatic carbocycles. The lowest BCUT2D eigenvalue weighted by Gasteiger charge is -2.30. The molecule has 4 rings (SSSR count). The predicted octanol–water partition coefficient (Wildman–Crippen LogP) is 3.37. The molecule has 0 saturated heterocycles. The number of amides is 2. The van der Waals surface area contributed by atoms with Gasteiger partial charge in [-0.15, -0.1) is 6.42 Å². The molecule has 0 spiro atoms. The quantitative estimate of drug-likeness (QED) is 0.356. The van der Waals surface area contributed by atoms with E-state index in [1.54, 1.807) is 32.0 Å². The number of nitrogens with zero attached hydrogens (tertiary/aromatic N) is 4. The summed E-state index contributed by atoms with van der Waals surface area (Å²) in [6.07, 6.45) is 11.5. The monoisotopic (exact) mass is 477 g/mol. The van der Waals surface area contributed by atoms with Gasteiger partial charge in [0.25, 0.3) is 5.91 Å². The maximum atomic E-state index is 14.9. The van der Waals surface area contributed by atoms with Crippen molar-refractivity contribution >= 4 is 17.6 Å². The van der Waals surface area contributed by atoms with Crippen molar-refractivity contribution in [2.45, 2.75) is 58.5 Å². The highest BCUT2D eigenvalue weighted by molar-refractivity contribution is 6.00. The zero-order valence-electron chi connectivity index (χ0n) is 19.8. The summed E-state index contributed by atoms with van der Waals surface area (Å²) in [6.45, 7) is 3.72. The second-order valence-electron chi connectivity index (χ2n) is 8.76. The maximum absolute atomic E-state index is 14.9. The van der Waals surface area contributed by atoms with Gasteiger partial charge in [-0.2, -0.15) is 14.6 Å². The van der Waals surface area contributed by atoms with E-state index in [9.17, 15) is 14.0 Å². The van der Waals surface area contributed by atoms with Gasteiger partial charge in [-0.25, -0.2) is 9.67 Å². The summed E-state index contributed by atoms with van der Waals surface area (Å²) >= 11 is 0. The molecule has 1 aliphatic rings. The molecule has 0 bridgehead atoms. The second-order valence-corrected chi connectivity index (χ2v) is 8.76. The summed E-state index contributed by atoms with van der Waals surface area (Å²) < 4.78 is 16.3. The minimum atomic E-state index is -0.806. The van der Waals surface area contributed by atoms with E-state index in [-0.39, 0.29) is 24.0 Å². The molecule has 3 N–H and O–H groups in total. The molecule has 182 valence electrons. The molecule has 0 aliphatic heterocycles. The molecule has 3 heterocycles. The van der Waals surface area contributed by atoms with Gasteiger partial charge in [-0.05, 0) is 50.8 Å². The fourth-order valence-electron chi connectivity index (χ4n) is 4.66. The van der Waals surface area contributed by atoms with E-state index >= 15 is 0 Å². The zero-order chi connectivity index (χ0) is 24.9. The summed E-state index contributed by atoms with van der Waals surface area (Å²) in [5.74, 6) is 0.885. The average Bonchev–Trinajstić information content (AvgIpc) is 3.44. The van der Waals surface area contributed by atoms with Crippen LogP contribution in [-0.4, -0.2) is 42.8 Å². The van der Waals surface area contributed by atoms with Crippen LogP contribution in [0.1, 0.15) is 54.0 Å². The number of terminal acetylenes is 1. The third-order valence-electron chi connectivity index (χ3n) is 6.38. The molecule has 1 saturated carbocycles. The van der Waals surface area contributed by atoms with Gasteiger partial charge in [0, 0.05) is 23.0 Å². The number of H-pyrrole nitrogens is 1. The normalized spacial score (nSPS) is 14.8. The first-order valence-corrected chi connectivity index (χ1v) is 11.6. The number of aromatic nitrogens is 5. The van der Waals surface area contributed by atoms with Crippen LogP contribution in [0, 0.1) is 38.1 Å². The van der Waals surface area contributed by atoms with Crippen LogP contribution in [0.2, 0.25) is 0 Å². The topological polar surface area (TPSA) is 118 Å². The van der Waals surface area contributed by atoms with Crippen molar-refractivity contribution in [3.05, 3.63) is 47.4 Å². The Kier molecular flexibility index (Phi) is 7.25. The minimum Gasteiger partial charge on any atom is -0.339 e. The Bertz CT molecular complexity index is 1250. The molecule has 9 nitrogen and oxygen atoms in total. The number of rotatable bonds is 7. The van der Waals surface area contributed by atoms with Crippen LogP contribution < -0.4 is 10.6 Å². The van der Waals surface area contributed by atoms with E-state index in [1.807, 2.05) is 0 Å². The lowest BCUT2D eigenvalue weighted by atomic mass is 9.83. The van der Waals surface area contributed by atoms with Crippen molar-refractivity contribution < 1.29 is 14.0 Å². The van der Waals surface area contributed by atoms with E-state index in [0.29, 0.717) is 16.8 Å². The van der Waals surface area contributed by atoms with E-state index in [2.05, 4.69) is 36.8 Å². The van der Waals surface area contributed by atoms with Gasteiger partial charge in [0.15, 0.2) is 0 Å². The molecule has 3 aromatic rings. The highest BCUT2D eigenvalue weighted by Gasteiger charge is 2.32. The molecule has 2 amide bonds. The van der Waals surface area contributed by atoms with Crippen molar-refractivity contribution in [3.8, 4) is 23.5 Å². The Morgan fingerprint density at radius 3 is 2.69 bits per heavy atom. The third-order valence-corrected chi connectivity index (χ3v) is 6.38. The van der Waals surface area contributed by atoms with Crippen LogP contribution >= 0.6 is 0 Å². The van der Waals surface area contributed by atoms with E-state index in [4.69, 9.17) is 6.42 Å². The van der Waals surface area contributed by atoms with Crippen molar-refractivity contribution in [2.24, 2.45) is 5.92 Å². The molecule has 10 heteroatoms. The van der Waals surface area contributed by atoms with Gasteiger partial charge in [-0.1, -0.05) is 25.2 Å². The van der Waals surface area contributed by atoms with Crippen molar-refractivity contribution in [2.75, 3.05) is 5.32 Å². The standard InChI is InChI=1S/C25H28FN7O2/c1-4-14-33-19(12-13-27-33)24(34)30-22(17-8-6-5-7-9-17)25(35)29-20-11-10-18(23(26)28-20)21-15(2)31-32-16(21)3/h1,10-13,17,22H,5-9,14H2,2-3H3,(H,30,34)(H,31,32)(H,28,29,35)/t22-/m0/s1. The average molecular weight is 478 g/mol. The Balaban J connectivity index is 1.54. The number of anilines is 1. The molecule has 3 aromatic heterocycles. The van der Waals surface area contributed by atoms with Crippen LogP contribution in [0.4, 0.5) is 10.2 Å². The second kappa shape index (κ2) is 10.5. The predicted molar refractivity (Wildman–Crippen MR) is 129 cm³/mol. The Morgan fingerprint density at radius 1 is 1.26 bits per heavy atom. The molecule has 1 atom stereocenters. The number of halogens is 1. The Labute approximate surface area is 202 Å². The largest absolute Gasteiger partial charge is 0.339 e. The molecule has 0 unspecified atom stereocenters. The first-order chi connectivity index (χ1) is 16.9. The number of aryl methyl sites for hydroxylation is 2. The maximum Gasteiger partial charge on any atom is 0.270 e. The number of nitrogens with one attached hydrogen (secondary N) is 3. The summed E-state index contributed by atoms with van der Waals surface area (Å²) in [7, 11) is 0. The highest BCUT2D eigenvalue weighted by Crippen LogP contribution is 2.29. The first kappa shape index (κ1) is 24.1. The molecule has 35 heavy (non-hydrogen) atoms. The van der Waals surface area contributed by atoms with Crippen LogP contribution in [-0.2, 0) is 11.3 Å². The molecule has 0 radical (unpaired) electrons.